The van der Waals surface area contributed by atoms with Gasteiger partial charge in [-0.25, -0.2) is 0 Å². The van der Waals surface area contributed by atoms with Crippen molar-refractivity contribution in [3.63, 3.8) is 0 Å². The second-order valence-electron chi connectivity index (χ2n) is 4.04. The van der Waals surface area contributed by atoms with Crippen LogP contribution in [0.3, 0.4) is 0 Å². The number of rotatable bonds is 6. The second kappa shape index (κ2) is 5.00. The monoisotopic (exact) mass is 186 g/mol. The summed E-state index contributed by atoms with van der Waals surface area (Å²) in [6.45, 7) is 5.61. The number of hydrogen-bond acceptors (Lipinski definition) is 2. The molecule has 1 N–H and O–H groups in total. The van der Waals surface area contributed by atoms with Crippen LogP contribution in [0.25, 0.3) is 0 Å². The summed E-state index contributed by atoms with van der Waals surface area (Å²) in [5, 5.41) is 8.95. The van der Waals surface area contributed by atoms with Crippen LogP contribution in [0.4, 0.5) is 0 Å². The van der Waals surface area contributed by atoms with E-state index in [-0.39, 0.29) is 0 Å². The smallest absolute Gasteiger partial charge is 0.307 e. The molecule has 13 heavy (non-hydrogen) atoms. The highest BCUT2D eigenvalue weighted by atomic mass is 16.4. The molecule has 0 aliphatic rings. The first-order chi connectivity index (χ1) is 5.95. The Labute approximate surface area is 79.1 Å². The summed E-state index contributed by atoms with van der Waals surface area (Å²) in [5.74, 6) is -1.21. The highest BCUT2D eigenvalue weighted by molar-refractivity contribution is 5.71. The fourth-order valence-electron chi connectivity index (χ4n) is 1.49. The first-order valence-electron chi connectivity index (χ1n) is 4.62. The Hall–Kier alpha value is -0.860. The SMILES string of the molecule is CCCC(C(=O)O)C(C)(C)CC=O. The highest BCUT2D eigenvalue weighted by Crippen LogP contribution is 2.33. The molecule has 0 aromatic heterocycles. The van der Waals surface area contributed by atoms with E-state index in [1.807, 2.05) is 20.8 Å². The number of carbonyl (C=O) groups is 2. The van der Waals surface area contributed by atoms with Gasteiger partial charge in [0.25, 0.3) is 0 Å². The Morgan fingerprint density at radius 2 is 2.08 bits per heavy atom. The molecule has 0 aliphatic carbocycles. The molecular weight excluding hydrogens is 168 g/mol. The fraction of sp³-hybridized carbons (Fsp3) is 0.800. The lowest BCUT2D eigenvalue weighted by molar-refractivity contribution is -0.146. The van der Waals surface area contributed by atoms with E-state index < -0.39 is 17.3 Å². The first-order valence-corrected chi connectivity index (χ1v) is 4.62. The van der Waals surface area contributed by atoms with Crippen LogP contribution in [-0.4, -0.2) is 17.4 Å². The third-order valence-corrected chi connectivity index (χ3v) is 2.43. The molecule has 0 spiro atoms. The second-order valence-corrected chi connectivity index (χ2v) is 4.04. The third-order valence-electron chi connectivity index (χ3n) is 2.43. The standard InChI is InChI=1S/C10H18O3/c1-4-5-8(9(12)13)10(2,3)6-7-11/h7-8H,4-6H2,1-3H3,(H,12,13). The normalized spacial score (nSPS) is 13.8. The van der Waals surface area contributed by atoms with Crippen molar-refractivity contribution in [3.05, 3.63) is 0 Å². The van der Waals surface area contributed by atoms with Gasteiger partial charge in [-0.1, -0.05) is 27.2 Å². The molecule has 76 valence electrons. The average molecular weight is 186 g/mol. The van der Waals surface area contributed by atoms with Gasteiger partial charge in [0, 0.05) is 6.42 Å². The van der Waals surface area contributed by atoms with Crippen LogP contribution in [-0.2, 0) is 9.59 Å². The van der Waals surface area contributed by atoms with E-state index in [2.05, 4.69) is 0 Å². The Morgan fingerprint density at radius 1 is 1.54 bits per heavy atom. The van der Waals surface area contributed by atoms with Crippen molar-refractivity contribution in [2.75, 3.05) is 0 Å². The lowest BCUT2D eigenvalue weighted by Crippen LogP contribution is -2.31. The third kappa shape index (κ3) is 3.57. The molecule has 0 bridgehead atoms. The van der Waals surface area contributed by atoms with Gasteiger partial charge in [-0.3, -0.25) is 4.79 Å². The summed E-state index contributed by atoms with van der Waals surface area (Å²) in [6, 6.07) is 0. The largest absolute Gasteiger partial charge is 0.481 e. The van der Waals surface area contributed by atoms with E-state index in [0.29, 0.717) is 12.8 Å². The summed E-state index contributed by atoms with van der Waals surface area (Å²) < 4.78 is 0. The zero-order chi connectivity index (χ0) is 10.5. The van der Waals surface area contributed by atoms with Gasteiger partial charge < -0.3 is 9.90 Å². The van der Waals surface area contributed by atoms with Crippen molar-refractivity contribution in [2.24, 2.45) is 11.3 Å². The number of aliphatic carboxylic acids is 1. The van der Waals surface area contributed by atoms with Gasteiger partial charge in [0.2, 0.25) is 0 Å². The topological polar surface area (TPSA) is 54.4 Å². The molecule has 0 saturated heterocycles. The van der Waals surface area contributed by atoms with Gasteiger partial charge in [-0.05, 0) is 11.8 Å². The van der Waals surface area contributed by atoms with Crippen LogP contribution in [0.1, 0.15) is 40.0 Å². The Bertz CT molecular complexity index is 185. The number of aldehydes is 1. The minimum atomic E-state index is -0.798. The van der Waals surface area contributed by atoms with Crippen molar-refractivity contribution in [1.82, 2.24) is 0 Å². The van der Waals surface area contributed by atoms with E-state index in [1.54, 1.807) is 0 Å². The van der Waals surface area contributed by atoms with Gasteiger partial charge in [0.1, 0.15) is 6.29 Å². The molecule has 0 rings (SSSR count). The molecule has 3 heteroatoms. The van der Waals surface area contributed by atoms with E-state index in [0.717, 1.165) is 12.7 Å². The van der Waals surface area contributed by atoms with E-state index in [4.69, 9.17) is 5.11 Å². The highest BCUT2D eigenvalue weighted by Gasteiger charge is 2.33. The van der Waals surface area contributed by atoms with Crippen LogP contribution in [0, 0.1) is 11.3 Å². The molecule has 0 fully saturated rings. The summed E-state index contributed by atoms with van der Waals surface area (Å²) in [5.41, 5.74) is -0.427. The number of hydrogen-bond donors (Lipinski definition) is 1. The molecule has 1 unspecified atom stereocenters. The average Bonchev–Trinajstić information content (AvgIpc) is 1.99. The van der Waals surface area contributed by atoms with Crippen molar-refractivity contribution in [2.45, 2.75) is 40.0 Å². The molecule has 3 nitrogen and oxygen atoms in total. The molecule has 0 aliphatic heterocycles. The lowest BCUT2D eigenvalue weighted by Gasteiger charge is -2.29. The van der Waals surface area contributed by atoms with Crippen molar-refractivity contribution >= 4 is 12.3 Å². The predicted octanol–water partition coefficient (Wildman–Crippen LogP) is 2.10. The number of carbonyl (C=O) groups excluding carboxylic acids is 1. The Balaban J connectivity index is 4.50. The van der Waals surface area contributed by atoms with E-state index in [1.165, 1.54) is 0 Å². The zero-order valence-corrected chi connectivity index (χ0v) is 8.54. The molecule has 0 amide bonds. The molecule has 0 aromatic rings. The van der Waals surface area contributed by atoms with Crippen LogP contribution in [0.15, 0.2) is 0 Å². The van der Waals surface area contributed by atoms with Gasteiger partial charge in [-0.15, -0.1) is 0 Å². The minimum Gasteiger partial charge on any atom is -0.481 e. The fourth-order valence-corrected chi connectivity index (χ4v) is 1.49. The molecule has 0 heterocycles. The van der Waals surface area contributed by atoms with Crippen molar-refractivity contribution in [1.29, 1.82) is 0 Å². The van der Waals surface area contributed by atoms with Crippen LogP contribution in [0.5, 0.6) is 0 Å². The number of carboxylic acids is 1. The quantitative estimate of drug-likeness (QED) is 0.646. The summed E-state index contributed by atoms with van der Waals surface area (Å²) >= 11 is 0. The maximum atomic E-state index is 10.9. The van der Waals surface area contributed by atoms with Gasteiger partial charge in [0.15, 0.2) is 0 Å². The molecule has 0 aromatic carbocycles. The maximum Gasteiger partial charge on any atom is 0.307 e. The van der Waals surface area contributed by atoms with Gasteiger partial charge in [0.05, 0.1) is 5.92 Å². The maximum absolute atomic E-state index is 10.9. The number of carboxylic acid groups (broad SMARTS) is 1. The van der Waals surface area contributed by atoms with Crippen LogP contribution >= 0.6 is 0 Å². The molecular formula is C10H18O3. The van der Waals surface area contributed by atoms with Crippen LogP contribution in [0.2, 0.25) is 0 Å². The minimum absolute atomic E-state index is 0.309. The Morgan fingerprint density at radius 3 is 2.38 bits per heavy atom. The van der Waals surface area contributed by atoms with E-state index >= 15 is 0 Å². The van der Waals surface area contributed by atoms with Gasteiger partial charge >= 0.3 is 5.97 Å². The van der Waals surface area contributed by atoms with Gasteiger partial charge in [-0.2, -0.15) is 0 Å². The van der Waals surface area contributed by atoms with Crippen molar-refractivity contribution < 1.29 is 14.7 Å². The summed E-state index contributed by atoms with van der Waals surface area (Å²) in [7, 11) is 0. The zero-order valence-electron chi connectivity index (χ0n) is 8.54. The van der Waals surface area contributed by atoms with E-state index in [9.17, 15) is 9.59 Å². The molecule has 0 saturated carbocycles. The molecule has 1 atom stereocenters. The summed E-state index contributed by atoms with van der Waals surface area (Å²) in [4.78, 5) is 21.3. The first kappa shape index (κ1) is 12.1. The lowest BCUT2D eigenvalue weighted by atomic mass is 9.74. The predicted molar refractivity (Wildman–Crippen MR) is 50.5 cm³/mol. The van der Waals surface area contributed by atoms with Crippen LogP contribution < -0.4 is 0 Å². The van der Waals surface area contributed by atoms with Crippen molar-refractivity contribution in [3.8, 4) is 0 Å². The molecule has 0 radical (unpaired) electrons. The Kier molecular flexibility index (Phi) is 4.67. The summed E-state index contributed by atoms with van der Waals surface area (Å²) in [6.07, 6.45) is 2.57.